The van der Waals surface area contributed by atoms with Crippen LogP contribution in [-0.4, -0.2) is 20.2 Å². The van der Waals surface area contributed by atoms with Crippen molar-refractivity contribution in [3.05, 3.63) is 35.7 Å². The summed E-state index contributed by atoms with van der Waals surface area (Å²) in [7, 11) is 0. The van der Waals surface area contributed by atoms with Gasteiger partial charge in [-0.3, -0.25) is 0 Å². The summed E-state index contributed by atoms with van der Waals surface area (Å²) in [6.07, 6.45) is 2.04. The van der Waals surface area contributed by atoms with Crippen LogP contribution in [-0.2, 0) is 11.2 Å². The Morgan fingerprint density at radius 3 is 1.27 bits per heavy atom. The SMILES string of the molecule is CCC(O)(CC)c1nc(-c2ccc(N)c(C(O)(CC)CC)n2)ccc1N. The van der Waals surface area contributed by atoms with Gasteiger partial charge in [0, 0.05) is 0 Å². The van der Waals surface area contributed by atoms with E-state index >= 15 is 0 Å². The van der Waals surface area contributed by atoms with Gasteiger partial charge in [0.25, 0.3) is 0 Å². The minimum Gasteiger partial charge on any atom is -0.397 e. The lowest BCUT2D eigenvalue weighted by atomic mass is 9.91. The lowest BCUT2D eigenvalue weighted by Gasteiger charge is -2.27. The van der Waals surface area contributed by atoms with Crippen molar-refractivity contribution in [2.75, 3.05) is 11.5 Å². The molecule has 2 aromatic heterocycles. The molecule has 142 valence electrons. The lowest BCUT2D eigenvalue weighted by Crippen LogP contribution is -2.27. The van der Waals surface area contributed by atoms with Crippen LogP contribution in [0.3, 0.4) is 0 Å². The highest BCUT2D eigenvalue weighted by atomic mass is 16.3. The second kappa shape index (κ2) is 7.60. The number of nitrogen functional groups attached to an aromatic ring is 2. The van der Waals surface area contributed by atoms with Gasteiger partial charge < -0.3 is 21.7 Å². The average Bonchev–Trinajstić information content (AvgIpc) is 2.67. The summed E-state index contributed by atoms with van der Waals surface area (Å²) in [4.78, 5) is 9.20. The van der Waals surface area contributed by atoms with E-state index in [1.165, 1.54) is 0 Å². The van der Waals surface area contributed by atoms with E-state index in [1.807, 2.05) is 27.7 Å². The maximum absolute atomic E-state index is 10.8. The molecule has 0 radical (unpaired) electrons. The molecule has 0 bridgehead atoms. The van der Waals surface area contributed by atoms with Gasteiger partial charge in [-0.2, -0.15) is 0 Å². The molecule has 0 aliphatic rings. The summed E-state index contributed by atoms with van der Waals surface area (Å²) >= 11 is 0. The first-order chi connectivity index (χ1) is 12.2. The Hall–Kier alpha value is -2.18. The van der Waals surface area contributed by atoms with Crippen molar-refractivity contribution in [1.82, 2.24) is 9.97 Å². The molecule has 6 nitrogen and oxygen atoms in total. The van der Waals surface area contributed by atoms with Crippen molar-refractivity contribution in [3.63, 3.8) is 0 Å². The van der Waals surface area contributed by atoms with E-state index < -0.39 is 11.2 Å². The molecule has 0 fully saturated rings. The van der Waals surface area contributed by atoms with Gasteiger partial charge in [-0.1, -0.05) is 27.7 Å². The van der Waals surface area contributed by atoms with Crippen LogP contribution in [0.4, 0.5) is 11.4 Å². The molecule has 2 rings (SSSR count). The second-order valence-electron chi connectivity index (χ2n) is 6.75. The second-order valence-corrected chi connectivity index (χ2v) is 6.75. The summed E-state index contributed by atoms with van der Waals surface area (Å²) in [5.41, 5.74) is 13.0. The molecule has 6 heteroatoms. The third-order valence-corrected chi connectivity index (χ3v) is 5.34. The van der Waals surface area contributed by atoms with Gasteiger partial charge in [0.15, 0.2) is 0 Å². The van der Waals surface area contributed by atoms with Crippen LogP contribution < -0.4 is 11.5 Å². The van der Waals surface area contributed by atoms with Crippen LogP contribution in [0.25, 0.3) is 11.4 Å². The smallest absolute Gasteiger partial charge is 0.108 e. The van der Waals surface area contributed by atoms with Gasteiger partial charge in [-0.25, -0.2) is 9.97 Å². The van der Waals surface area contributed by atoms with E-state index in [0.29, 0.717) is 59.8 Å². The first kappa shape index (κ1) is 20.1. The number of aliphatic hydroxyl groups is 2. The zero-order valence-electron chi connectivity index (χ0n) is 16.1. The van der Waals surface area contributed by atoms with Crippen LogP contribution >= 0.6 is 0 Å². The molecule has 0 aliphatic carbocycles. The summed E-state index contributed by atoms with van der Waals surface area (Å²) in [6.45, 7) is 7.61. The highest BCUT2D eigenvalue weighted by Gasteiger charge is 2.31. The number of hydrogen-bond acceptors (Lipinski definition) is 6. The number of aromatic nitrogens is 2. The highest BCUT2D eigenvalue weighted by Crippen LogP contribution is 2.35. The van der Waals surface area contributed by atoms with Crippen LogP contribution in [0.15, 0.2) is 24.3 Å². The Morgan fingerprint density at radius 1 is 0.692 bits per heavy atom. The molecule has 0 saturated heterocycles. The van der Waals surface area contributed by atoms with Gasteiger partial charge in [0.1, 0.15) is 11.2 Å². The molecule has 0 spiro atoms. The molecule has 0 amide bonds. The van der Waals surface area contributed by atoms with E-state index in [9.17, 15) is 10.2 Å². The molecular formula is C20H30N4O2. The Morgan fingerprint density at radius 2 is 1.00 bits per heavy atom. The van der Waals surface area contributed by atoms with Gasteiger partial charge in [0.05, 0.1) is 34.2 Å². The number of hydrogen-bond donors (Lipinski definition) is 4. The van der Waals surface area contributed by atoms with Crippen molar-refractivity contribution in [3.8, 4) is 11.4 Å². The number of rotatable bonds is 7. The van der Waals surface area contributed by atoms with Gasteiger partial charge >= 0.3 is 0 Å². The Kier molecular flexibility index (Phi) is 5.88. The molecule has 0 aliphatic heterocycles. The van der Waals surface area contributed by atoms with E-state index in [1.54, 1.807) is 24.3 Å². The molecule has 6 N–H and O–H groups in total. The van der Waals surface area contributed by atoms with Gasteiger partial charge in [-0.15, -0.1) is 0 Å². The van der Waals surface area contributed by atoms with Gasteiger partial charge in [0.2, 0.25) is 0 Å². The average molecular weight is 358 g/mol. The molecule has 2 aromatic rings. The third kappa shape index (κ3) is 3.52. The molecule has 2 heterocycles. The maximum Gasteiger partial charge on any atom is 0.108 e. The van der Waals surface area contributed by atoms with E-state index in [2.05, 4.69) is 9.97 Å². The summed E-state index contributed by atoms with van der Waals surface area (Å²) < 4.78 is 0. The predicted molar refractivity (Wildman–Crippen MR) is 105 cm³/mol. The highest BCUT2D eigenvalue weighted by molar-refractivity contribution is 5.62. The van der Waals surface area contributed by atoms with Crippen molar-refractivity contribution in [2.24, 2.45) is 0 Å². The van der Waals surface area contributed by atoms with Crippen LogP contribution in [0, 0.1) is 0 Å². The Labute approximate surface area is 155 Å². The van der Waals surface area contributed by atoms with Crippen LogP contribution in [0.5, 0.6) is 0 Å². The van der Waals surface area contributed by atoms with Crippen molar-refractivity contribution in [2.45, 2.75) is 64.6 Å². The Bertz CT molecular complexity index is 703. The fourth-order valence-electron chi connectivity index (χ4n) is 3.14. The number of anilines is 2. The fraction of sp³-hybridized carbons (Fsp3) is 0.500. The fourth-order valence-corrected chi connectivity index (χ4v) is 3.14. The third-order valence-electron chi connectivity index (χ3n) is 5.34. The monoisotopic (exact) mass is 358 g/mol. The largest absolute Gasteiger partial charge is 0.397 e. The van der Waals surface area contributed by atoms with Crippen LogP contribution in [0.2, 0.25) is 0 Å². The minimum absolute atomic E-state index is 0.453. The quantitative estimate of drug-likeness (QED) is 0.603. The lowest BCUT2D eigenvalue weighted by molar-refractivity contribution is 0.0243. The predicted octanol–water partition coefficient (Wildman–Crippen LogP) is 3.32. The summed E-state index contributed by atoms with van der Waals surface area (Å²) in [6, 6.07) is 7.00. The van der Waals surface area contributed by atoms with Crippen LogP contribution in [0.1, 0.15) is 64.8 Å². The topological polar surface area (TPSA) is 118 Å². The van der Waals surface area contributed by atoms with Gasteiger partial charge in [-0.05, 0) is 49.9 Å². The number of nitrogens with two attached hydrogens (primary N) is 2. The first-order valence-corrected chi connectivity index (χ1v) is 9.23. The van der Waals surface area contributed by atoms with E-state index in [-0.39, 0.29) is 0 Å². The normalized spacial score (nSPS) is 12.4. The minimum atomic E-state index is -1.08. The standard InChI is InChI=1S/C20H30N4O2/c1-5-19(25,6-2)17-13(21)9-11-15(23-17)16-12-10-14(22)18(24-16)20(26,7-3)8-4/h9-12,25-26H,5-8,21-22H2,1-4H3. The van der Waals surface area contributed by atoms with Crippen molar-refractivity contribution < 1.29 is 10.2 Å². The summed E-state index contributed by atoms with van der Waals surface area (Å²) in [5.74, 6) is 0. The van der Waals surface area contributed by atoms with Crippen molar-refractivity contribution >= 4 is 11.4 Å². The molecular weight excluding hydrogens is 328 g/mol. The molecule has 26 heavy (non-hydrogen) atoms. The molecule has 0 saturated carbocycles. The molecule has 0 atom stereocenters. The maximum atomic E-state index is 10.8. The van der Waals surface area contributed by atoms with E-state index in [4.69, 9.17) is 11.5 Å². The van der Waals surface area contributed by atoms with E-state index in [0.717, 1.165) is 0 Å². The Balaban J connectivity index is 2.60. The van der Waals surface area contributed by atoms with Crippen molar-refractivity contribution in [1.29, 1.82) is 0 Å². The molecule has 0 aromatic carbocycles. The zero-order valence-corrected chi connectivity index (χ0v) is 16.1. The molecule has 0 unspecified atom stereocenters. The summed E-state index contributed by atoms with van der Waals surface area (Å²) in [5, 5.41) is 21.7. The zero-order chi connectivity index (χ0) is 19.5. The first-order valence-electron chi connectivity index (χ1n) is 9.23. The number of pyridine rings is 2. The number of nitrogens with zero attached hydrogens (tertiary/aromatic N) is 2.